The topological polar surface area (TPSA) is 59.0 Å². The molecule has 0 aliphatic heterocycles. The Labute approximate surface area is 107 Å². The summed E-state index contributed by atoms with van der Waals surface area (Å²) >= 11 is 0. The Morgan fingerprint density at radius 3 is 2.28 bits per heavy atom. The fourth-order valence-corrected chi connectivity index (χ4v) is 1.43. The van der Waals surface area contributed by atoms with Crippen molar-refractivity contribution in [2.75, 3.05) is 33.4 Å². The molecule has 0 atom stereocenters. The molecule has 1 rings (SSSR count). The van der Waals surface area contributed by atoms with Gasteiger partial charge in [0.1, 0.15) is 18.1 Å². The summed E-state index contributed by atoms with van der Waals surface area (Å²) in [5.74, 6) is 0.730. The van der Waals surface area contributed by atoms with E-state index < -0.39 is 5.97 Å². The lowest BCUT2D eigenvalue weighted by atomic mass is 10.3. The molecule has 0 radical (unpaired) electrons. The lowest BCUT2D eigenvalue weighted by Crippen LogP contribution is -2.29. The fraction of sp³-hybridized carbons (Fsp3) is 0.462. The highest BCUT2D eigenvalue weighted by Gasteiger charge is 2.04. The average molecular weight is 253 g/mol. The minimum Gasteiger partial charge on any atom is -0.494 e. The van der Waals surface area contributed by atoms with E-state index in [2.05, 4.69) is 0 Å². The van der Waals surface area contributed by atoms with Gasteiger partial charge in [-0.3, -0.25) is 9.69 Å². The summed E-state index contributed by atoms with van der Waals surface area (Å²) in [6, 6.07) is 7.37. The molecular formula is C13H19NO4. The van der Waals surface area contributed by atoms with Gasteiger partial charge in [0.15, 0.2) is 0 Å². The Morgan fingerprint density at radius 1 is 1.22 bits per heavy atom. The van der Waals surface area contributed by atoms with E-state index in [4.69, 9.17) is 14.6 Å². The molecule has 1 N–H and O–H groups in total. The number of carboxylic acids is 1. The maximum absolute atomic E-state index is 10.4. The molecule has 0 saturated carbocycles. The molecule has 5 heteroatoms. The third-order valence-corrected chi connectivity index (χ3v) is 2.28. The van der Waals surface area contributed by atoms with Gasteiger partial charge in [-0.25, -0.2) is 0 Å². The van der Waals surface area contributed by atoms with Crippen LogP contribution in [0.15, 0.2) is 24.3 Å². The van der Waals surface area contributed by atoms with Crippen molar-refractivity contribution in [3.63, 3.8) is 0 Å². The van der Waals surface area contributed by atoms with E-state index in [9.17, 15) is 4.79 Å². The third kappa shape index (κ3) is 5.54. The van der Waals surface area contributed by atoms with Crippen LogP contribution in [-0.2, 0) is 4.79 Å². The summed E-state index contributed by atoms with van der Waals surface area (Å²) in [5, 5.41) is 8.58. The first-order valence-electron chi connectivity index (χ1n) is 5.88. The average Bonchev–Trinajstić information content (AvgIpc) is 2.31. The van der Waals surface area contributed by atoms with Crippen LogP contribution < -0.4 is 9.47 Å². The maximum atomic E-state index is 10.4. The summed E-state index contributed by atoms with van der Waals surface area (Å²) in [4.78, 5) is 12.1. The SMILES string of the molecule is CCOc1ccc(OCCN(C)CC(=O)O)cc1. The molecule has 18 heavy (non-hydrogen) atoms. The summed E-state index contributed by atoms with van der Waals surface area (Å²) in [6.45, 7) is 3.62. The normalized spacial score (nSPS) is 10.4. The molecule has 5 nitrogen and oxygen atoms in total. The molecule has 0 aliphatic rings. The number of likely N-dealkylation sites (N-methyl/N-ethyl adjacent to an activating group) is 1. The van der Waals surface area contributed by atoms with Crippen LogP contribution in [0.2, 0.25) is 0 Å². The zero-order valence-corrected chi connectivity index (χ0v) is 10.8. The van der Waals surface area contributed by atoms with Crippen molar-refractivity contribution < 1.29 is 19.4 Å². The van der Waals surface area contributed by atoms with E-state index in [0.29, 0.717) is 19.8 Å². The van der Waals surface area contributed by atoms with Crippen molar-refractivity contribution in [3.05, 3.63) is 24.3 Å². The van der Waals surface area contributed by atoms with Crippen LogP contribution >= 0.6 is 0 Å². The summed E-state index contributed by atoms with van der Waals surface area (Å²) in [7, 11) is 1.75. The number of aliphatic carboxylic acids is 1. The van der Waals surface area contributed by atoms with Crippen molar-refractivity contribution in [1.29, 1.82) is 0 Å². The number of hydrogen-bond donors (Lipinski definition) is 1. The van der Waals surface area contributed by atoms with E-state index in [1.165, 1.54) is 0 Å². The Morgan fingerprint density at radius 2 is 1.78 bits per heavy atom. The molecular weight excluding hydrogens is 234 g/mol. The quantitative estimate of drug-likeness (QED) is 0.760. The van der Waals surface area contributed by atoms with Crippen molar-refractivity contribution in [3.8, 4) is 11.5 Å². The van der Waals surface area contributed by atoms with Gasteiger partial charge in [0.25, 0.3) is 0 Å². The van der Waals surface area contributed by atoms with Gasteiger partial charge in [-0.2, -0.15) is 0 Å². The lowest BCUT2D eigenvalue weighted by Gasteiger charge is -2.14. The minimum atomic E-state index is -0.835. The van der Waals surface area contributed by atoms with Gasteiger partial charge >= 0.3 is 5.97 Å². The zero-order chi connectivity index (χ0) is 13.4. The Balaban J connectivity index is 2.28. The summed E-state index contributed by atoms with van der Waals surface area (Å²) in [5.41, 5.74) is 0. The Bertz CT molecular complexity index is 364. The fourth-order valence-electron chi connectivity index (χ4n) is 1.43. The molecule has 100 valence electrons. The molecule has 0 unspecified atom stereocenters. The molecule has 0 fully saturated rings. The van der Waals surface area contributed by atoms with Crippen LogP contribution in [0.1, 0.15) is 6.92 Å². The number of carboxylic acid groups (broad SMARTS) is 1. The number of nitrogens with zero attached hydrogens (tertiary/aromatic N) is 1. The van der Waals surface area contributed by atoms with Crippen LogP contribution in [0.5, 0.6) is 11.5 Å². The number of hydrogen-bond acceptors (Lipinski definition) is 4. The van der Waals surface area contributed by atoms with E-state index in [1.807, 2.05) is 31.2 Å². The monoisotopic (exact) mass is 253 g/mol. The molecule has 1 aromatic rings. The lowest BCUT2D eigenvalue weighted by molar-refractivity contribution is -0.138. The molecule has 0 aliphatic carbocycles. The summed E-state index contributed by atoms with van der Waals surface area (Å²) < 4.78 is 10.8. The second-order valence-electron chi connectivity index (χ2n) is 3.88. The second-order valence-corrected chi connectivity index (χ2v) is 3.88. The van der Waals surface area contributed by atoms with Crippen molar-refractivity contribution in [2.45, 2.75) is 6.92 Å². The standard InChI is InChI=1S/C13H19NO4/c1-3-17-11-4-6-12(7-5-11)18-9-8-14(2)10-13(15)16/h4-7H,3,8-10H2,1-2H3,(H,15,16). The summed E-state index contributed by atoms with van der Waals surface area (Å²) in [6.07, 6.45) is 0. The largest absolute Gasteiger partial charge is 0.494 e. The van der Waals surface area contributed by atoms with Gasteiger partial charge in [0.2, 0.25) is 0 Å². The van der Waals surface area contributed by atoms with Gasteiger partial charge in [0.05, 0.1) is 13.2 Å². The van der Waals surface area contributed by atoms with Crippen molar-refractivity contribution in [2.24, 2.45) is 0 Å². The predicted molar refractivity (Wildman–Crippen MR) is 68.2 cm³/mol. The van der Waals surface area contributed by atoms with E-state index in [1.54, 1.807) is 11.9 Å². The first kappa shape index (κ1) is 14.3. The van der Waals surface area contributed by atoms with Gasteiger partial charge in [0, 0.05) is 6.54 Å². The molecule has 0 bridgehead atoms. The first-order valence-corrected chi connectivity index (χ1v) is 5.88. The molecule has 0 saturated heterocycles. The number of benzene rings is 1. The smallest absolute Gasteiger partial charge is 0.317 e. The number of rotatable bonds is 8. The zero-order valence-electron chi connectivity index (χ0n) is 10.8. The first-order chi connectivity index (χ1) is 8.61. The minimum absolute atomic E-state index is 0.0205. The second kappa shape index (κ2) is 7.55. The highest BCUT2D eigenvalue weighted by molar-refractivity contribution is 5.68. The van der Waals surface area contributed by atoms with Crippen LogP contribution in [0.25, 0.3) is 0 Å². The van der Waals surface area contributed by atoms with E-state index >= 15 is 0 Å². The molecule has 1 aromatic carbocycles. The molecule has 0 aromatic heterocycles. The molecule has 0 spiro atoms. The van der Waals surface area contributed by atoms with Crippen molar-refractivity contribution >= 4 is 5.97 Å². The Hall–Kier alpha value is -1.75. The van der Waals surface area contributed by atoms with Crippen LogP contribution in [0, 0.1) is 0 Å². The highest BCUT2D eigenvalue weighted by Crippen LogP contribution is 2.17. The predicted octanol–water partition coefficient (Wildman–Crippen LogP) is 1.48. The van der Waals surface area contributed by atoms with Crippen molar-refractivity contribution in [1.82, 2.24) is 4.90 Å². The van der Waals surface area contributed by atoms with Gasteiger partial charge < -0.3 is 14.6 Å². The van der Waals surface area contributed by atoms with Gasteiger partial charge in [-0.05, 0) is 38.2 Å². The Kier molecular flexibility index (Phi) is 6.00. The highest BCUT2D eigenvalue weighted by atomic mass is 16.5. The maximum Gasteiger partial charge on any atom is 0.317 e. The number of carbonyl (C=O) groups is 1. The number of ether oxygens (including phenoxy) is 2. The third-order valence-electron chi connectivity index (χ3n) is 2.28. The van der Waals surface area contributed by atoms with E-state index in [-0.39, 0.29) is 6.54 Å². The van der Waals surface area contributed by atoms with Crippen LogP contribution in [-0.4, -0.2) is 49.3 Å². The van der Waals surface area contributed by atoms with Crippen LogP contribution in [0.3, 0.4) is 0 Å². The van der Waals surface area contributed by atoms with Gasteiger partial charge in [-0.1, -0.05) is 0 Å². The molecule has 0 amide bonds. The molecule has 0 heterocycles. The van der Waals surface area contributed by atoms with Crippen LogP contribution in [0.4, 0.5) is 0 Å². The van der Waals surface area contributed by atoms with Gasteiger partial charge in [-0.15, -0.1) is 0 Å². The van der Waals surface area contributed by atoms with E-state index in [0.717, 1.165) is 11.5 Å².